The maximum atomic E-state index is 14.0. The van der Waals surface area contributed by atoms with E-state index >= 15 is 0 Å². The molecule has 3 N–H and O–H groups in total. The van der Waals surface area contributed by atoms with E-state index < -0.39 is 27.3 Å². The SMILES string of the molecule is CCNS(=O)(=O)c1ccc(F)c(C(=O)NC[C@](C)(O)C2CCCCC2)c1. The first-order chi connectivity index (χ1) is 12.2. The molecule has 0 saturated heterocycles. The minimum Gasteiger partial charge on any atom is -0.388 e. The molecule has 0 aliphatic heterocycles. The van der Waals surface area contributed by atoms with Gasteiger partial charge in [-0.25, -0.2) is 17.5 Å². The van der Waals surface area contributed by atoms with Crippen LogP contribution in [0.3, 0.4) is 0 Å². The van der Waals surface area contributed by atoms with Crippen LogP contribution < -0.4 is 10.0 Å². The first kappa shape index (κ1) is 20.8. The summed E-state index contributed by atoms with van der Waals surface area (Å²) in [6, 6.07) is 3.08. The smallest absolute Gasteiger partial charge is 0.254 e. The van der Waals surface area contributed by atoms with Crippen LogP contribution in [-0.4, -0.2) is 38.1 Å². The summed E-state index contributed by atoms with van der Waals surface area (Å²) >= 11 is 0. The summed E-state index contributed by atoms with van der Waals surface area (Å²) in [5.41, 5.74) is -1.44. The predicted molar refractivity (Wildman–Crippen MR) is 96.8 cm³/mol. The predicted octanol–water partition coefficient (Wildman–Crippen LogP) is 2.18. The molecule has 8 heteroatoms. The number of rotatable bonds is 7. The van der Waals surface area contributed by atoms with Crippen molar-refractivity contribution in [3.05, 3.63) is 29.6 Å². The molecule has 0 spiro atoms. The summed E-state index contributed by atoms with van der Waals surface area (Å²) in [4.78, 5) is 12.2. The average Bonchev–Trinajstić information content (AvgIpc) is 2.60. The lowest BCUT2D eigenvalue weighted by atomic mass is 9.78. The van der Waals surface area contributed by atoms with Gasteiger partial charge in [0.15, 0.2) is 0 Å². The molecule has 26 heavy (non-hydrogen) atoms. The zero-order chi connectivity index (χ0) is 19.4. The number of amides is 1. The summed E-state index contributed by atoms with van der Waals surface area (Å²) in [5, 5.41) is 13.2. The third-order valence-corrected chi connectivity index (χ3v) is 6.46. The van der Waals surface area contributed by atoms with E-state index in [4.69, 9.17) is 0 Å². The molecule has 1 aliphatic rings. The molecule has 0 heterocycles. The Morgan fingerprint density at radius 2 is 1.96 bits per heavy atom. The molecule has 146 valence electrons. The van der Waals surface area contributed by atoms with Crippen molar-refractivity contribution in [2.45, 2.75) is 56.4 Å². The minimum atomic E-state index is -3.79. The Morgan fingerprint density at radius 1 is 1.31 bits per heavy atom. The lowest BCUT2D eigenvalue weighted by Crippen LogP contribution is -2.46. The number of carbonyl (C=O) groups excluding carboxylic acids is 1. The number of hydrogen-bond acceptors (Lipinski definition) is 4. The second-order valence-electron chi connectivity index (χ2n) is 7.02. The minimum absolute atomic E-state index is 0.0138. The summed E-state index contributed by atoms with van der Waals surface area (Å²) in [5.74, 6) is -1.47. The quantitative estimate of drug-likeness (QED) is 0.669. The van der Waals surface area contributed by atoms with Crippen LogP contribution in [0.4, 0.5) is 4.39 Å². The lowest BCUT2D eigenvalue weighted by Gasteiger charge is -2.35. The van der Waals surface area contributed by atoms with Crippen LogP contribution in [-0.2, 0) is 10.0 Å². The summed E-state index contributed by atoms with van der Waals surface area (Å²) < 4.78 is 40.4. The normalized spacial score (nSPS) is 18.3. The standard InChI is InChI=1S/C18H27FN2O4S/c1-3-21-26(24,25)14-9-10-16(19)15(11-14)17(22)20-12-18(2,23)13-7-5-4-6-8-13/h9-11,13,21,23H,3-8,12H2,1-2H3,(H,20,22)/t18-/m0/s1. The lowest BCUT2D eigenvalue weighted by molar-refractivity contribution is -0.0143. The van der Waals surface area contributed by atoms with Crippen molar-refractivity contribution < 1.29 is 22.7 Å². The van der Waals surface area contributed by atoms with E-state index in [2.05, 4.69) is 10.0 Å². The van der Waals surface area contributed by atoms with Crippen LogP contribution >= 0.6 is 0 Å². The van der Waals surface area contributed by atoms with E-state index in [1.807, 2.05) is 0 Å². The maximum Gasteiger partial charge on any atom is 0.254 e. The van der Waals surface area contributed by atoms with Crippen molar-refractivity contribution >= 4 is 15.9 Å². The molecule has 1 fully saturated rings. The van der Waals surface area contributed by atoms with Gasteiger partial charge in [-0.15, -0.1) is 0 Å². The molecule has 2 rings (SSSR count). The molecular weight excluding hydrogens is 359 g/mol. The molecule has 0 bridgehead atoms. The molecule has 1 aromatic rings. The number of nitrogens with one attached hydrogen (secondary N) is 2. The number of hydrogen-bond donors (Lipinski definition) is 3. The molecule has 1 amide bonds. The molecule has 6 nitrogen and oxygen atoms in total. The first-order valence-corrected chi connectivity index (χ1v) is 10.5. The van der Waals surface area contributed by atoms with Gasteiger partial charge in [-0.3, -0.25) is 4.79 Å². The Balaban J connectivity index is 2.11. The highest BCUT2D eigenvalue weighted by Gasteiger charge is 2.33. The van der Waals surface area contributed by atoms with Crippen molar-refractivity contribution in [1.29, 1.82) is 0 Å². The van der Waals surface area contributed by atoms with Crippen LogP contribution in [0.2, 0.25) is 0 Å². The van der Waals surface area contributed by atoms with Crippen molar-refractivity contribution in [2.24, 2.45) is 5.92 Å². The van der Waals surface area contributed by atoms with Crippen LogP contribution in [0.1, 0.15) is 56.3 Å². The summed E-state index contributed by atoms with van der Waals surface area (Å²) in [6.45, 7) is 3.47. The third kappa shape index (κ3) is 5.02. The van der Waals surface area contributed by atoms with Crippen molar-refractivity contribution in [3.63, 3.8) is 0 Å². The van der Waals surface area contributed by atoms with Crippen LogP contribution in [0.5, 0.6) is 0 Å². The van der Waals surface area contributed by atoms with Gasteiger partial charge in [0, 0.05) is 13.1 Å². The number of halogens is 1. The van der Waals surface area contributed by atoms with E-state index in [0.717, 1.165) is 50.3 Å². The highest BCUT2D eigenvalue weighted by atomic mass is 32.2. The fourth-order valence-electron chi connectivity index (χ4n) is 3.34. The van der Waals surface area contributed by atoms with Crippen molar-refractivity contribution in [2.75, 3.05) is 13.1 Å². The summed E-state index contributed by atoms with van der Waals surface area (Å²) in [7, 11) is -3.79. The van der Waals surface area contributed by atoms with Gasteiger partial charge in [-0.05, 0) is 43.9 Å². The molecule has 0 radical (unpaired) electrons. The van der Waals surface area contributed by atoms with Gasteiger partial charge < -0.3 is 10.4 Å². The van der Waals surface area contributed by atoms with Crippen LogP contribution in [0, 0.1) is 11.7 Å². The third-order valence-electron chi connectivity index (χ3n) is 4.92. The van der Waals surface area contributed by atoms with E-state index in [1.54, 1.807) is 13.8 Å². The second-order valence-corrected chi connectivity index (χ2v) is 8.78. The fourth-order valence-corrected chi connectivity index (χ4v) is 4.41. The zero-order valence-electron chi connectivity index (χ0n) is 15.2. The monoisotopic (exact) mass is 386 g/mol. The zero-order valence-corrected chi connectivity index (χ0v) is 16.0. The van der Waals surface area contributed by atoms with Gasteiger partial charge in [0.2, 0.25) is 10.0 Å². The first-order valence-electron chi connectivity index (χ1n) is 8.97. The second kappa shape index (κ2) is 8.45. The Hall–Kier alpha value is -1.51. The number of aliphatic hydroxyl groups is 1. The molecular formula is C18H27FN2O4S. The van der Waals surface area contributed by atoms with Gasteiger partial charge >= 0.3 is 0 Å². The van der Waals surface area contributed by atoms with E-state index in [1.165, 1.54) is 0 Å². The maximum absolute atomic E-state index is 14.0. The van der Waals surface area contributed by atoms with E-state index in [-0.39, 0.29) is 29.5 Å². The molecule has 0 aromatic heterocycles. The number of benzene rings is 1. The highest BCUT2D eigenvalue weighted by Crippen LogP contribution is 2.32. The Kier molecular flexibility index (Phi) is 6.76. The summed E-state index contributed by atoms with van der Waals surface area (Å²) in [6.07, 6.45) is 5.04. The molecule has 1 saturated carbocycles. The van der Waals surface area contributed by atoms with Crippen molar-refractivity contribution in [3.8, 4) is 0 Å². The molecule has 1 aliphatic carbocycles. The fraction of sp³-hybridized carbons (Fsp3) is 0.611. The molecule has 1 atom stereocenters. The average molecular weight is 386 g/mol. The van der Waals surface area contributed by atoms with Crippen LogP contribution in [0.15, 0.2) is 23.1 Å². The largest absolute Gasteiger partial charge is 0.388 e. The topological polar surface area (TPSA) is 95.5 Å². The van der Waals surface area contributed by atoms with Gasteiger partial charge in [0.05, 0.1) is 16.1 Å². The Bertz CT molecular complexity index is 744. The van der Waals surface area contributed by atoms with Crippen LogP contribution in [0.25, 0.3) is 0 Å². The van der Waals surface area contributed by atoms with Crippen molar-refractivity contribution in [1.82, 2.24) is 10.0 Å². The van der Waals surface area contributed by atoms with E-state index in [9.17, 15) is 22.7 Å². The van der Waals surface area contributed by atoms with Gasteiger partial charge in [-0.1, -0.05) is 26.2 Å². The van der Waals surface area contributed by atoms with Gasteiger partial charge in [0.25, 0.3) is 5.91 Å². The Morgan fingerprint density at radius 3 is 2.58 bits per heavy atom. The molecule has 0 unspecified atom stereocenters. The highest BCUT2D eigenvalue weighted by molar-refractivity contribution is 7.89. The molecule has 1 aromatic carbocycles. The van der Waals surface area contributed by atoms with E-state index in [0.29, 0.717) is 0 Å². The van der Waals surface area contributed by atoms with Gasteiger partial charge in [0.1, 0.15) is 5.82 Å². The van der Waals surface area contributed by atoms with Gasteiger partial charge in [-0.2, -0.15) is 0 Å². The number of sulfonamides is 1. The Labute approximate surface area is 154 Å². The number of carbonyl (C=O) groups is 1.